The van der Waals surface area contributed by atoms with Crippen molar-refractivity contribution in [1.29, 1.82) is 0 Å². The molecule has 2 nitrogen and oxygen atoms in total. The van der Waals surface area contributed by atoms with Crippen molar-refractivity contribution in [3.8, 4) is 0 Å². The predicted molar refractivity (Wildman–Crippen MR) is 63.0 cm³/mol. The Bertz CT molecular complexity index is 500. The van der Waals surface area contributed by atoms with E-state index >= 15 is 0 Å². The van der Waals surface area contributed by atoms with Crippen LogP contribution in [0.25, 0.3) is 10.9 Å². The van der Waals surface area contributed by atoms with E-state index < -0.39 is 0 Å². The largest absolute Gasteiger partial charge is 0.361 e. The van der Waals surface area contributed by atoms with Gasteiger partial charge in [-0.3, -0.25) is 0 Å². The van der Waals surface area contributed by atoms with E-state index in [-0.39, 0.29) is 5.82 Å². The minimum Gasteiger partial charge on any atom is -0.361 e. The van der Waals surface area contributed by atoms with E-state index in [1.165, 1.54) is 31.1 Å². The number of hydrogen-bond donors (Lipinski definition) is 1. The van der Waals surface area contributed by atoms with Crippen molar-refractivity contribution in [3.63, 3.8) is 0 Å². The minimum absolute atomic E-state index is 0.155. The molecule has 0 spiro atoms. The molecule has 3 rings (SSSR count). The monoisotopic (exact) mass is 218 g/mol. The molecule has 3 heteroatoms. The number of nitrogens with zero attached hydrogens (tertiary/aromatic N) is 1. The number of rotatable bonds is 3. The Morgan fingerprint density at radius 1 is 1.31 bits per heavy atom. The lowest BCUT2D eigenvalue weighted by atomic mass is 10.1. The lowest BCUT2D eigenvalue weighted by Crippen LogP contribution is -2.38. The average Bonchev–Trinajstić information content (AvgIpc) is 2.59. The molecule has 0 saturated carbocycles. The van der Waals surface area contributed by atoms with Gasteiger partial charge in [0.25, 0.3) is 0 Å². The van der Waals surface area contributed by atoms with Crippen molar-refractivity contribution >= 4 is 10.9 Å². The lowest BCUT2D eigenvalue weighted by Gasteiger charge is -2.30. The Labute approximate surface area is 94.1 Å². The summed E-state index contributed by atoms with van der Waals surface area (Å²) >= 11 is 0. The van der Waals surface area contributed by atoms with Crippen molar-refractivity contribution in [2.45, 2.75) is 12.8 Å². The standard InChI is InChI=1S/C13H15FN2/c14-11-2-3-13-12(8-11)10(9-15-13)4-7-16-5-1-6-16/h2-3,8-9,15H,1,4-7H2. The van der Waals surface area contributed by atoms with Gasteiger partial charge < -0.3 is 9.88 Å². The van der Waals surface area contributed by atoms with Gasteiger partial charge in [-0.25, -0.2) is 4.39 Å². The summed E-state index contributed by atoms with van der Waals surface area (Å²) < 4.78 is 13.1. The summed E-state index contributed by atoms with van der Waals surface area (Å²) in [4.78, 5) is 5.62. The van der Waals surface area contributed by atoms with E-state index in [2.05, 4.69) is 9.88 Å². The zero-order valence-electron chi connectivity index (χ0n) is 9.17. The maximum Gasteiger partial charge on any atom is 0.123 e. The molecule has 1 N–H and O–H groups in total. The zero-order chi connectivity index (χ0) is 11.0. The molecule has 1 aliphatic rings. The normalized spacial score (nSPS) is 16.6. The maximum absolute atomic E-state index is 13.1. The van der Waals surface area contributed by atoms with E-state index in [0.29, 0.717) is 0 Å². The van der Waals surface area contributed by atoms with Gasteiger partial charge in [0.05, 0.1) is 0 Å². The molecule has 1 aromatic carbocycles. The third-order valence-corrected chi connectivity index (χ3v) is 3.38. The first kappa shape index (κ1) is 9.85. The zero-order valence-corrected chi connectivity index (χ0v) is 9.17. The van der Waals surface area contributed by atoms with Crippen molar-refractivity contribution in [2.24, 2.45) is 0 Å². The second kappa shape index (κ2) is 3.91. The van der Waals surface area contributed by atoms with Gasteiger partial charge in [-0.15, -0.1) is 0 Å². The van der Waals surface area contributed by atoms with Gasteiger partial charge in [0, 0.05) is 23.6 Å². The summed E-state index contributed by atoms with van der Waals surface area (Å²) in [5.74, 6) is -0.155. The summed E-state index contributed by atoms with van der Waals surface area (Å²) in [7, 11) is 0. The number of likely N-dealkylation sites (tertiary alicyclic amines) is 1. The molecule has 2 heterocycles. The van der Waals surface area contributed by atoms with Crippen LogP contribution in [0.15, 0.2) is 24.4 Å². The fraction of sp³-hybridized carbons (Fsp3) is 0.385. The highest BCUT2D eigenvalue weighted by Crippen LogP contribution is 2.20. The van der Waals surface area contributed by atoms with E-state index in [1.54, 1.807) is 12.1 Å². The van der Waals surface area contributed by atoms with Crippen molar-refractivity contribution in [2.75, 3.05) is 19.6 Å². The molecule has 0 unspecified atom stereocenters. The van der Waals surface area contributed by atoms with Gasteiger partial charge in [0.2, 0.25) is 0 Å². The van der Waals surface area contributed by atoms with Crippen LogP contribution in [0.3, 0.4) is 0 Å². The minimum atomic E-state index is -0.155. The highest BCUT2D eigenvalue weighted by atomic mass is 19.1. The molecule has 16 heavy (non-hydrogen) atoms. The summed E-state index contributed by atoms with van der Waals surface area (Å²) in [6.07, 6.45) is 4.33. The van der Waals surface area contributed by atoms with Crippen LogP contribution in [0, 0.1) is 5.82 Å². The van der Waals surface area contributed by atoms with Crippen molar-refractivity contribution < 1.29 is 4.39 Å². The molecule has 1 aliphatic heterocycles. The first-order chi connectivity index (χ1) is 7.83. The average molecular weight is 218 g/mol. The summed E-state index contributed by atoms with van der Waals surface area (Å²) in [5.41, 5.74) is 2.25. The molecule has 0 radical (unpaired) electrons. The molecular weight excluding hydrogens is 203 g/mol. The number of H-pyrrole nitrogens is 1. The molecule has 0 atom stereocenters. The van der Waals surface area contributed by atoms with Crippen LogP contribution >= 0.6 is 0 Å². The fourth-order valence-electron chi connectivity index (χ4n) is 2.24. The number of benzene rings is 1. The Kier molecular flexibility index (Phi) is 2.40. The fourth-order valence-corrected chi connectivity index (χ4v) is 2.24. The first-order valence-corrected chi connectivity index (χ1v) is 5.81. The lowest BCUT2D eigenvalue weighted by molar-refractivity contribution is 0.184. The number of fused-ring (bicyclic) bond motifs is 1. The van der Waals surface area contributed by atoms with Crippen LogP contribution in [-0.4, -0.2) is 29.5 Å². The Hall–Kier alpha value is -1.35. The van der Waals surface area contributed by atoms with Crippen LogP contribution in [0.1, 0.15) is 12.0 Å². The second-order valence-corrected chi connectivity index (χ2v) is 4.45. The quantitative estimate of drug-likeness (QED) is 0.838. The summed E-state index contributed by atoms with van der Waals surface area (Å²) in [5, 5.41) is 1.03. The van der Waals surface area contributed by atoms with Crippen molar-refractivity contribution in [1.82, 2.24) is 9.88 Å². The van der Waals surface area contributed by atoms with Crippen LogP contribution in [0.2, 0.25) is 0 Å². The Morgan fingerprint density at radius 2 is 2.19 bits per heavy atom. The molecule has 1 fully saturated rings. The molecule has 1 saturated heterocycles. The van der Waals surface area contributed by atoms with Gasteiger partial charge in [-0.1, -0.05) is 0 Å². The molecule has 2 aromatic rings. The van der Waals surface area contributed by atoms with Gasteiger partial charge in [0.1, 0.15) is 5.82 Å². The molecule has 1 aromatic heterocycles. The molecular formula is C13H15FN2. The van der Waals surface area contributed by atoms with Crippen LogP contribution < -0.4 is 0 Å². The van der Waals surface area contributed by atoms with Gasteiger partial charge in [-0.05, 0) is 49.7 Å². The number of nitrogens with one attached hydrogen (secondary N) is 1. The van der Waals surface area contributed by atoms with Crippen molar-refractivity contribution in [3.05, 3.63) is 35.8 Å². The predicted octanol–water partition coefficient (Wildman–Crippen LogP) is 2.56. The number of aromatic amines is 1. The number of hydrogen-bond acceptors (Lipinski definition) is 1. The first-order valence-electron chi connectivity index (χ1n) is 5.81. The van der Waals surface area contributed by atoms with E-state index in [4.69, 9.17) is 0 Å². The Morgan fingerprint density at radius 3 is 2.94 bits per heavy atom. The molecule has 0 aliphatic carbocycles. The van der Waals surface area contributed by atoms with E-state index in [9.17, 15) is 4.39 Å². The second-order valence-electron chi connectivity index (χ2n) is 4.45. The van der Waals surface area contributed by atoms with E-state index in [1.807, 2.05) is 6.20 Å². The SMILES string of the molecule is Fc1ccc2[nH]cc(CCN3CCC3)c2c1. The maximum atomic E-state index is 13.1. The molecule has 84 valence electrons. The van der Waals surface area contributed by atoms with E-state index in [0.717, 1.165) is 23.9 Å². The van der Waals surface area contributed by atoms with Crippen LogP contribution in [0.5, 0.6) is 0 Å². The third kappa shape index (κ3) is 1.71. The van der Waals surface area contributed by atoms with Crippen LogP contribution in [-0.2, 0) is 6.42 Å². The number of halogens is 1. The Balaban J connectivity index is 1.82. The smallest absolute Gasteiger partial charge is 0.123 e. The molecule has 0 bridgehead atoms. The highest BCUT2D eigenvalue weighted by Gasteiger charge is 2.14. The third-order valence-electron chi connectivity index (χ3n) is 3.38. The topological polar surface area (TPSA) is 19.0 Å². The number of aromatic nitrogens is 1. The van der Waals surface area contributed by atoms with Gasteiger partial charge in [0.15, 0.2) is 0 Å². The summed E-state index contributed by atoms with van der Waals surface area (Å²) in [6, 6.07) is 4.92. The molecule has 0 amide bonds. The van der Waals surface area contributed by atoms with Gasteiger partial charge in [-0.2, -0.15) is 0 Å². The van der Waals surface area contributed by atoms with Crippen LogP contribution in [0.4, 0.5) is 4.39 Å². The summed E-state index contributed by atoms with van der Waals surface area (Å²) in [6.45, 7) is 3.52. The van der Waals surface area contributed by atoms with Gasteiger partial charge >= 0.3 is 0 Å². The highest BCUT2D eigenvalue weighted by molar-refractivity contribution is 5.83.